The standard InChI is InChI=1S/C25H23F3O3/c1-14(2)21-13-18(25(26,27)28)7-9-20(21)22-12-16(6-10-23(22)31-4)19-8-5-17(24(29)30)11-15(19)3/h5-14H,1-4H3,(H,29,30). The van der Waals surface area contributed by atoms with E-state index in [1.807, 2.05) is 32.9 Å². The molecule has 0 aliphatic heterocycles. The van der Waals surface area contributed by atoms with Crippen molar-refractivity contribution in [3.63, 3.8) is 0 Å². The molecule has 162 valence electrons. The summed E-state index contributed by atoms with van der Waals surface area (Å²) in [5, 5.41) is 9.20. The van der Waals surface area contributed by atoms with E-state index in [9.17, 15) is 23.1 Å². The lowest BCUT2D eigenvalue weighted by Crippen LogP contribution is -2.07. The van der Waals surface area contributed by atoms with Gasteiger partial charge in [0.25, 0.3) is 0 Å². The zero-order chi connectivity index (χ0) is 22.9. The van der Waals surface area contributed by atoms with Crippen LogP contribution in [0.2, 0.25) is 0 Å². The van der Waals surface area contributed by atoms with Gasteiger partial charge in [0.15, 0.2) is 0 Å². The molecule has 0 radical (unpaired) electrons. The molecule has 0 unspecified atom stereocenters. The number of aryl methyl sites for hydroxylation is 1. The second-order valence-corrected chi connectivity index (χ2v) is 7.70. The summed E-state index contributed by atoms with van der Waals surface area (Å²) < 4.78 is 45.3. The van der Waals surface area contributed by atoms with Gasteiger partial charge in [-0.2, -0.15) is 13.2 Å². The highest BCUT2D eigenvalue weighted by molar-refractivity contribution is 5.89. The van der Waals surface area contributed by atoms with Gasteiger partial charge in [-0.1, -0.05) is 32.0 Å². The van der Waals surface area contributed by atoms with Crippen LogP contribution in [0.4, 0.5) is 13.2 Å². The van der Waals surface area contributed by atoms with E-state index in [0.29, 0.717) is 22.4 Å². The Bertz CT molecular complexity index is 1130. The predicted molar refractivity (Wildman–Crippen MR) is 115 cm³/mol. The SMILES string of the molecule is COc1ccc(-c2ccc(C(=O)O)cc2C)cc1-c1ccc(C(F)(F)F)cc1C(C)C. The molecule has 0 bridgehead atoms. The molecule has 0 aliphatic rings. The van der Waals surface area contributed by atoms with E-state index in [2.05, 4.69) is 0 Å². The van der Waals surface area contributed by atoms with Crippen molar-refractivity contribution >= 4 is 5.97 Å². The topological polar surface area (TPSA) is 46.5 Å². The Kier molecular flexibility index (Phi) is 6.11. The third-order valence-corrected chi connectivity index (χ3v) is 5.27. The van der Waals surface area contributed by atoms with Gasteiger partial charge in [-0.05, 0) is 77.1 Å². The molecule has 6 heteroatoms. The number of carboxylic acid groups (broad SMARTS) is 1. The lowest BCUT2D eigenvalue weighted by atomic mass is 9.88. The number of aromatic carboxylic acids is 1. The Labute approximate surface area is 179 Å². The largest absolute Gasteiger partial charge is 0.496 e. The van der Waals surface area contributed by atoms with Gasteiger partial charge < -0.3 is 9.84 Å². The fraction of sp³-hybridized carbons (Fsp3) is 0.240. The highest BCUT2D eigenvalue weighted by Gasteiger charge is 2.31. The number of hydrogen-bond acceptors (Lipinski definition) is 2. The molecule has 3 rings (SSSR count). The maximum atomic E-state index is 13.3. The van der Waals surface area contributed by atoms with Crippen LogP contribution in [-0.4, -0.2) is 18.2 Å². The Balaban J connectivity index is 2.20. The van der Waals surface area contributed by atoms with Crippen molar-refractivity contribution in [2.24, 2.45) is 0 Å². The van der Waals surface area contributed by atoms with Gasteiger partial charge in [0.05, 0.1) is 18.2 Å². The van der Waals surface area contributed by atoms with Crippen LogP contribution >= 0.6 is 0 Å². The number of carboxylic acids is 1. The van der Waals surface area contributed by atoms with E-state index in [4.69, 9.17) is 4.74 Å². The van der Waals surface area contributed by atoms with Crippen LogP contribution in [-0.2, 0) is 6.18 Å². The first-order valence-electron chi connectivity index (χ1n) is 9.76. The van der Waals surface area contributed by atoms with Crippen LogP contribution in [0.15, 0.2) is 54.6 Å². The Morgan fingerprint density at radius 3 is 2.16 bits per heavy atom. The number of ether oxygens (including phenoxy) is 1. The first-order valence-corrected chi connectivity index (χ1v) is 9.76. The lowest BCUT2D eigenvalue weighted by Gasteiger charge is -2.19. The number of benzene rings is 3. The van der Waals surface area contributed by atoms with Crippen LogP contribution in [0.25, 0.3) is 22.3 Å². The Hall–Kier alpha value is -3.28. The molecule has 0 aliphatic carbocycles. The first kappa shape index (κ1) is 22.4. The third kappa shape index (κ3) is 4.58. The molecule has 0 heterocycles. The summed E-state index contributed by atoms with van der Waals surface area (Å²) in [6, 6.07) is 14.1. The maximum Gasteiger partial charge on any atom is 0.416 e. The molecule has 3 nitrogen and oxygen atoms in total. The number of alkyl halides is 3. The molecule has 3 aromatic carbocycles. The summed E-state index contributed by atoms with van der Waals surface area (Å²) in [7, 11) is 1.52. The predicted octanol–water partition coefficient (Wildman–Crippen LogP) is 7.18. The zero-order valence-corrected chi connectivity index (χ0v) is 17.7. The molecule has 3 aromatic rings. The van der Waals surface area contributed by atoms with E-state index in [1.165, 1.54) is 25.3 Å². The molecule has 0 atom stereocenters. The van der Waals surface area contributed by atoms with Crippen molar-refractivity contribution in [2.75, 3.05) is 7.11 Å². The molecular formula is C25H23F3O3. The van der Waals surface area contributed by atoms with Crippen molar-refractivity contribution in [3.8, 4) is 28.0 Å². The molecule has 1 N–H and O–H groups in total. The van der Waals surface area contributed by atoms with Crippen LogP contribution in [0.5, 0.6) is 5.75 Å². The fourth-order valence-electron chi connectivity index (χ4n) is 3.67. The van der Waals surface area contributed by atoms with E-state index in [0.717, 1.165) is 22.8 Å². The Morgan fingerprint density at radius 2 is 1.61 bits per heavy atom. The number of rotatable bonds is 5. The number of hydrogen-bond donors (Lipinski definition) is 1. The van der Waals surface area contributed by atoms with Crippen molar-refractivity contribution in [1.29, 1.82) is 0 Å². The number of carbonyl (C=O) groups is 1. The minimum atomic E-state index is -4.42. The lowest BCUT2D eigenvalue weighted by molar-refractivity contribution is -0.137. The van der Waals surface area contributed by atoms with Gasteiger partial charge in [-0.25, -0.2) is 4.79 Å². The van der Waals surface area contributed by atoms with Gasteiger partial charge >= 0.3 is 12.1 Å². The summed E-state index contributed by atoms with van der Waals surface area (Å²) in [4.78, 5) is 11.2. The quantitative estimate of drug-likeness (QED) is 0.468. The molecular weight excluding hydrogens is 405 g/mol. The van der Waals surface area contributed by atoms with Crippen LogP contribution in [0.3, 0.4) is 0 Å². The summed E-state index contributed by atoms with van der Waals surface area (Å²) in [5.74, 6) is -0.594. The summed E-state index contributed by atoms with van der Waals surface area (Å²) in [6.45, 7) is 5.53. The van der Waals surface area contributed by atoms with E-state index in [-0.39, 0.29) is 11.5 Å². The molecule has 0 amide bonds. The highest BCUT2D eigenvalue weighted by Crippen LogP contribution is 2.41. The normalized spacial score (nSPS) is 11.6. The van der Waals surface area contributed by atoms with Gasteiger partial charge in [-0.15, -0.1) is 0 Å². The summed E-state index contributed by atoms with van der Waals surface area (Å²) in [6.07, 6.45) is -4.42. The van der Waals surface area contributed by atoms with Gasteiger partial charge in [0.1, 0.15) is 5.75 Å². The first-order chi connectivity index (χ1) is 14.5. The van der Waals surface area contributed by atoms with Gasteiger partial charge in [0, 0.05) is 5.56 Å². The van der Waals surface area contributed by atoms with Gasteiger partial charge in [-0.3, -0.25) is 0 Å². The Morgan fingerprint density at radius 1 is 0.935 bits per heavy atom. The van der Waals surface area contributed by atoms with Gasteiger partial charge in [0.2, 0.25) is 0 Å². The average Bonchev–Trinajstić information content (AvgIpc) is 2.72. The molecule has 0 saturated carbocycles. The molecule has 0 aromatic heterocycles. The van der Waals surface area contributed by atoms with E-state index in [1.54, 1.807) is 18.2 Å². The second kappa shape index (κ2) is 8.46. The monoisotopic (exact) mass is 428 g/mol. The van der Waals surface area contributed by atoms with Crippen molar-refractivity contribution in [3.05, 3.63) is 76.9 Å². The second-order valence-electron chi connectivity index (χ2n) is 7.70. The maximum absolute atomic E-state index is 13.3. The minimum Gasteiger partial charge on any atom is -0.496 e. The smallest absolute Gasteiger partial charge is 0.416 e. The number of halogens is 3. The molecule has 0 fully saturated rings. The molecule has 31 heavy (non-hydrogen) atoms. The third-order valence-electron chi connectivity index (χ3n) is 5.27. The average molecular weight is 428 g/mol. The van der Waals surface area contributed by atoms with Crippen LogP contribution in [0.1, 0.15) is 46.8 Å². The minimum absolute atomic E-state index is 0.137. The van der Waals surface area contributed by atoms with Crippen molar-refractivity contribution in [1.82, 2.24) is 0 Å². The fourth-order valence-corrected chi connectivity index (χ4v) is 3.67. The number of methoxy groups -OCH3 is 1. The van der Waals surface area contributed by atoms with E-state index >= 15 is 0 Å². The van der Waals surface area contributed by atoms with Crippen LogP contribution < -0.4 is 4.74 Å². The van der Waals surface area contributed by atoms with Crippen LogP contribution in [0, 0.1) is 6.92 Å². The zero-order valence-electron chi connectivity index (χ0n) is 17.7. The summed E-state index contributed by atoms with van der Waals surface area (Å²) in [5.41, 5.74) is 3.87. The molecule has 0 saturated heterocycles. The van der Waals surface area contributed by atoms with Crippen molar-refractivity contribution < 1.29 is 27.8 Å². The van der Waals surface area contributed by atoms with E-state index < -0.39 is 17.7 Å². The summed E-state index contributed by atoms with van der Waals surface area (Å²) >= 11 is 0. The highest BCUT2D eigenvalue weighted by atomic mass is 19.4. The van der Waals surface area contributed by atoms with Crippen molar-refractivity contribution in [2.45, 2.75) is 32.9 Å². The molecule has 0 spiro atoms.